The van der Waals surface area contributed by atoms with E-state index in [1.165, 1.54) is 25.7 Å². The lowest BCUT2D eigenvalue weighted by molar-refractivity contribution is -0.217. The van der Waals surface area contributed by atoms with Crippen molar-refractivity contribution in [1.29, 1.82) is 0 Å². The Morgan fingerprint density at radius 1 is 0.909 bits per heavy atom. The van der Waals surface area contributed by atoms with E-state index in [1.54, 1.807) is 5.57 Å². The third-order valence-corrected chi connectivity index (χ3v) is 13.5. The van der Waals surface area contributed by atoms with Crippen molar-refractivity contribution >= 4 is 5.97 Å². The van der Waals surface area contributed by atoms with Gasteiger partial charge >= 0.3 is 5.97 Å². The molecule has 2 N–H and O–H groups in total. The first-order valence-electron chi connectivity index (χ1n) is 13.9. The van der Waals surface area contributed by atoms with E-state index in [1.807, 2.05) is 6.92 Å². The van der Waals surface area contributed by atoms with Crippen molar-refractivity contribution in [3.63, 3.8) is 0 Å². The normalized spacial score (nSPS) is 58.2. The molecule has 0 aliphatic heterocycles. The Kier molecular flexibility index (Phi) is 5.15. The van der Waals surface area contributed by atoms with Gasteiger partial charge in [0, 0.05) is 0 Å². The van der Waals surface area contributed by atoms with Crippen molar-refractivity contribution in [3.05, 3.63) is 11.6 Å². The number of carboxylic acids is 1. The van der Waals surface area contributed by atoms with Crippen molar-refractivity contribution in [2.75, 3.05) is 0 Å². The molecule has 0 heterocycles. The quantitative estimate of drug-likeness (QED) is 0.414. The third-order valence-electron chi connectivity index (χ3n) is 13.5. The number of aliphatic hydroxyl groups excluding tert-OH is 1. The minimum Gasteiger partial charge on any atom is -0.481 e. The van der Waals surface area contributed by atoms with Crippen LogP contribution in [0.15, 0.2) is 11.6 Å². The molecule has 0 bridgehead atoms. The molecule has 4 fully saturated rings. The summed E-state index contributed by atoms with van der Waals surface area (Å²) >= 11 is 0. The first-order chi connectivity index (χ1) is 15.3. The molecule has 0 spiro atoms. The van der Waals surface area contributed by atoms with Crippen molar-refractivity contribution in [2.24, 2.45) is 56.7 Å². The standard InChI is InChI=1S/C30H48O3/c1-18-10-13-26(3)16-17-28(5)20(24(26)19(18)2)8-9-21-27(4)14-12-23(31)30(7,25(32)33)22(27)11-15-29(21,28)6/h8,18-19,21-24,31H,9-17H2,1-7H3,(H,32,33)/t18-,19+,21?,22?,23-,24+,26-,27-,28-,29-,30?/m1/s1. The Morgan fingerprint density at radius 3 is 2.27 bits per heavy atom. The summed E-state index contributed by atoms with van der Waals surface area (Å²) in [5, 5.41) is 21.1. The van der Waals surface area contributed by atoms with Crippen LogP contribution in [0.25, 0.3) is 0 Å². The number of hydrogen-bond donors (Lipinski definition) is 2. The number of hydrogen-bond acceptors (Lipinski definition) is 2. The zero-order valence-corrected chi connectivity index (χ0v) is 22.2. The van der Waals surface area contributed by atoms with Gasteiger partial charge in [0.05, 0.1) is 11.5 Å². The minimum atomic E-state index is -1.03. The molecule has 11 atom stereocenters. The molecule has 0 saturated heterocycles. The number of allylic oxidation sites excluding steroid dienone is 2. The van der Waals surface area contributed by atoms with E-state index in [0.717, 1.165) is 37.5 Å². The second kappa shape index (κ2) is 7.11. The molecule has 186 valence electrons. The highest BCUT2D eigenvalue weighted by Crippen LogP contribution is 2.75. The molecular weight excluding hydrogens is 408 g/mol. The second-order valence-electron chi connectivity index (χ2n) is 14.4. The highest BCUT2D eigenvalue weighted by atomic mass is 16.4. The zero-order chi connectivity index (χ0) is 24.2. The number of aliphatic hydroxyl groups is 1. The van der Waals surface area contributed by atoms with Gasteiger partial charge in [-0.05, 0) is 116 Å². The number of rotatable bonds is 1. The molecular formula is C30H48O3. The van der Waals surface area contributed by atoms with Gasteiger partial charge < -0.3 is 10.2 Å². The largest absolute Gasteiger partial charge is 0.481 e. The van der Waals surface area contributed by atoms with Gasteiger partial charge in [-0.2, -0.15) is 0 Å². The van der Waals surface area contributed by atoms with Crippen LogP contribution in [-0.4, -0.2) is 22.3 Å². The Hall–Kier alpha value is -0.830. The Bertz CT molecular complexity index is 878. The van der Waals surface area contributed by atoms with Crippen LogP contribution in [0.5, 0.6) is 0 Å². The monoisotopic (exact) mass is 456 g/mol. The molecule has 0 aromatic heterocycles. The average molecular weight is 457 g/mol. The van der Waals surface area contributed by atoms with Crippen molar-refractivity contribution < 1.29 is 15.0 Å². The summed E-state index contributed by atoms with van der Waals surface area (Å²) < 4.78 is 0. The van der Waals surface area contributed by atoms with E-state index >= 15 is 0 Å². The minimum absolute atomic E-state index is 0.0311. The third kappa shape index (κ3) is 2.75. The van der Waals surface area contributed by atoms with Crippen LogP contribution < -0.4 is 0 Å². The molecule has 5 rings (SSSR count). The van der Waals surface area contributed by atoms with Gasteiger partial charge in [-0.3, -0.25) is 4.79 Å². The van der Waals surface area contributed by atoms with Crippen molar-refractivity contribution in [3.8, 4) is 0 Å². The zero-order valence-electron chi connectivity index (χ0n) is 22.2. The van der Waals surface area contributed by atoms with E-state index in [0.29, 0.717) is 23.7 Å². The van der Waals surface area contributed by atoms with Crippen molar-refractivity contribution in [1.82, 2.24) is 0 Å². The maximum Gasteiger partial charge on any atom is 0.312 e. The van der Waals surface area contributed by atoms with E-state index in [9.17, 15) is 15.0 Å². The highest BCUT2D eigenvalue weighted by molar-refractivity contribution is 5.76. The maximum atomic E-state index is 12.5. The lowest BCUT2D eigenvalue weighted by atomic mass is 9.33. The smallest absolute Gasteiger partial charge is 0.312 e. The number of aliphatic carboxylic acids is 1. The van der Waals surface area contributed by atoms with Crippen LogP contribution >= 0.6 is 0 Å². The van der Waals surface area contributed by atoms with Crippen LogP contribution in [0.2, 0.25) is 0 Å². The predicted octanol–water partition coefficient (Wildman–Crippen LogP) is 7.09. The van der Waals surface area contributed by atoms with Gasteiger partial charge in [-0.15, -0.1) is 0 Å². The van der Waals surface area contributed by atoms with E-state index in [-0.39, 0.29) is 22.2 Å². The summed E-state index contributed by atoms with van der Waals surface area (Å²) in [6.45, 7) is 17.0. The van der Waals surface area contributed by atoms with Gasteiger partial charge in [-0.1, -0.05) is 53.2 Å². The Labute approximate surface area is 201 Å². The predicted molar refractivity (Wildman–Crippen MR) is 133 cm³/mol. The second-order valence-corrected chi connectivity index (χ2v) is 14.4. The Morgan fingerprint density at radius 2 is 1.61 bits per heavy atom. The number of carbonyl (C=O) groups is 1. The molecule has 0 aromatic rings. The molecule has 0 radical (unpaired) electrons. The van der Waals surface area contributed by atoms with Crippen molar-refractivity contribution in [2.45, 2.75) is 112 Å². The van der Waals surface area contributed by atoms with Gasteiger partial charge in [-0.25, -0.2) is 0 Å². The molecule has 3 heteroatoms. The Balaban J connectivity index is 1.60. The molecule has 33 heavy (non-hydrogen) atoms. The average Bonchev–Trinajstić information content (AvgIpc) is 2.75. The molecule has 5 aliphatic carbocycles. The van der Waals surface area contributed by atoms with Crippen LogP contribution in [-0.2, 0) is 4.79 Å². The molecule has 3 unspecified atom stereocenters. The first kappa shape index (κ1) is 23.9. The summed E-state index contributed by atoms with van der Waals surface area (Å²) in [5.74, 6) is 1.96. The molecule has 3 nitrogen and oxygen atoms in total. The summed E-state index contributed by atoms with van der Waals surface area (Å²) in [7, 11) is 0. The number of carboxylic acid groups (broad SMARTS) is 1. The fraction of sp³-hybridized carbons (Fsp3) is 0.900. The molecule has 4 saturated carbocycles. The lowest BCUT2D eigenvalue weighted by Gasteiger charge is -2.71. The number of fused-ring (bicyclic) bond motifs is 7. The van der Waals surface area contributed by atoms with Gasteiger partial charge in [0.1, 0.15) is 0 Å². The maximum absolute atomic E-state index is 12.5. The molecule has 0 aromatic carbocycles. The van der Waals surface area contributed by atoms with Crippen LogP contribution in [0, 0.1) is 56.7 Å². The van der Waals surface area contributed by atoms with E-state index in [4.69, 9.17) is 0 Å². The van der Waals surface area contributed by atoms with Gasteiger partial charge in [0.25, 0.3) is 0 Å². The summed E-state index contributed by atoms with van der Waals surface area (Å²) in [4.78, 5) is 12.5. The fourth-order valence-corrected chi connectivity index (χ4v) is 10.8. The first-order valence-corrected chi connectivity index (χ1v) is 13.9. The van der Waals surface area contributed by atoms with Crippen LogP contribution in [0.3, 0.4) is 0 Å². The SMILES string of the molecule is C[C@H]1[C@H](C)CC[C@]2(C)CC[C@]3(C)C(=CCC4[C@@]5(C)CC[C@@H](O)C(C)(C(=O)O)C5CC[C@]43C)[C@H]12. The topological polar surface area (TPSA) is 57.5 Å². The fourth-order valence-electron chi connectivity index (χ4n) is 10.8. The van der Waals surface area contributed by atoms with Gasteiger partial charge in [0.2, 0.25) is 0 Å². The lowest BCUT2D eigenvalue weighted by Crippen LogP contribution is -2.66. The van der Waals surface area contributed by atoms with E-state index in [2.05, 4.69) is 47.6 Å². The summed E-state index contributed by atoms with van der Waals surface area (Å²) in [6.07, 6.45) is 12.0. The van der Waals surface area contributed by atoms with Crippen LogP contribution in [0.4, 0.5) is 0 Å². The summed E-state index contributed by atoms with van der Waals surface area (Å²) in [6, 6.07) is 0. The summed E-state index contributed by atoms with van der Waals surface area (Å²) in [5.41, 5.74) is 1.56. The van der Waals surface area contributed by atoms with Crippen LogP contribution in [0.1, 0.15) is 106 Å². The molecule has 5 aliphatic rings. The van der Waals surface area contributed by atoms with E-state index < -0.39 is 17.5 Å². The van der Waals surface area contributed by atoms with Gasteiger partial charge in [0.15, 0.2) is 0 Å². The molecule has 0 amide bonds. The highest BCUT2D eigenvalue weighted by Gasteiger charge is 2.69.